The molecule has 0 bridgehead atoms. The summed E-state index contributed by atoms with van der Waals surface area (Å²) in [5.74, 6) is -0.210. The van der Waals surface area contributed by atoms with E-state index in [-0.39, 0.29) is 23.4 Å². The highest BCUT2D eigenvalue weighted by Crippen LogP contribution is 2.29. The summed E-state index contributed by atoms with van der Waals surface area (Å²) in [4.78, 5) is 26.7. The van der Waals surface area contributed by atoms with E-state index in [1.807, 2.05) is 25.7 Å². The molecule has 9 heteroatoms. The van der Waals surface area contributed by atoms with Crippen LogP contribution in [-0.2, 0) is 0 Å². The maximum atomic E-state index is 12.4. The van der Waals surface area contributed by atoms with Gasteiger partial charge in [-0.05, 0) is 57.9 Å². The Morgan fingerprint density at radius 1 is 1.21 bits per heavy atom. The largest absolute Gasteiger partial charge is 0.333 e. The van der Waals surface area contributed by atoms with Crippen LogP contribution >= 0.6 is 22.9 Å². The number of carbonyl (C=O) groups is 2. The Balaban J connectivity index is 1.63. The SMILES string of the molecule is CC(C)(C)NC(=O)N1CCCC(c2nnc(C(=O)Nc3ccc(Cl)cc3)s2)C1. The maximum absolute atomic E-state index is 12.4. The van der Waals surface area contributed by atoms with Gasteiger partial charge in [0.25, 0.3) is 5.91 Å². The molecule has 1 aromatic carbocycles. The minimum Gasteiger partial charge on any atom is -0.333 e. The van der Waals surface area contributed by atoms with Gasteiger partial charge in [-0.3, -0.25) is 4.79 Å². The van der Waals surface area contributed by atoms with Crippen molar-refractivity contribution in [3.8, 4) is 0 Å². The Labute approximate surface area is 173 Å². The Morgan fingerprint density at radius 2 is 1.93 bits per heavy atom. The molecule has 0 aliphatic carbocycles. The molecule has 1 saturated heterocycles. The number of hydrogen-bond acceptors (Lipinski definition) is 5. The molecule has 3 amide bonds. The van der Waals surface area contributed by atoms with E-state index in [2.05, 4.69) is 20.8 Å². The molecule has 1 aliphatic heterocycles. The molecular formula is C19H24ClN5O2S. The lowest BCUT2D eigenvalue weighted by atomic mass is 9.99. The van der Waals surface area contributed by atoms with E-state index in [0.29, 0.717) is 22.3 Å². The molecule has 28 heavy (non-hydrogen) atoms. The number of urea groups is 1. The number of aromatic nitrogens is 2. The van der Waals surface area contributed by atoms with Crippen molar-refractivity contribution in [2.45, 2.75) is 45.1 Å². The minimum atomic E-state index is -0.302. The van der Waals surface area contributed by atoms with Gasteiger partial charge < -0.3 is 15.5 Å². The fourth-order valence-corrected chi connectivity index (χ4v) is 3.96. The van der Waals surface area contributed by atoms with Crippen molar-refractivity contribution in [2.75, 3.05) is 18.4 Å². The summed E-state index contributed by atoms with van der Waals surface area (Å²) in [6.07, 6.45) is 1.82. The van der Waals surface area contributed by atoms with Crippen LogP contribution in [0.1, 0.15) is 54.3 Å². The van der Waals surface area contributed by atoms with Gasteiger partial charge in [0.2, 0.25) is 5.01 Å². The normalized spacial score (nSPS) is 17.3. The molecular weight excluding hydrogens is 398 g/mol. The van der Waals surface area contributed by atoms with Gasteiger partial charge in [0.15, 0.2) is 0 Å². The van der Waals surface area contributed by atoms with Crippen LogP contribution in [0.15, 0.2) is 24.3 Å². The summed E-state index contributed by atoms with van der Waals surface area (Å²) in [6.45, 7) is 7.18. The Kier molecular flexibility index (Phi) is 6.20. The topological polar surface area (TPSA) is 87.2 Å². The second-order valence-electron chi connectivity index (χ2n) is 7.87. The Morgan fingerprint density at radius 3 is 2.61 bits per heavy atom. The molecule has 3 rings (SSSR count). The number of piperidine rings is 1. The van der Waals surface area contributed by atoms with Gasteiger partial charge in [-0.2, -0.15) is 0 Å². The summed E-state index contributed by atoms with van der Waals surface area (Å²) in [5.41, 5.74) is 0.369. The molecule has 7 nitrogen and oxygen atoms in total. The van der Waals surface area contributed by atoms with Crippen molar-refractivity contribution < 1.29 is 9.59 Å². The number of rotatable bonds is 3. The van der Waals surface area contributed by atoms with Crippen LogP contribution in [0.4, 0.5) is 10.5 Å². The molecule has 1 atom stereocenters. The highest BCUT2D eigenvalue weighted by molar-refractivity contribution is 7.13. The number of benzene rings is 1. The average molecular weight is 422 g/mol. The number of hydrogen-bond donors (Lipinski definition) is 2. The van der Waals surface area contributed by atoms with Gasteiger partial charge in [0.05, 0.1) is 0 Å². The third-order valence-corrected chi connectivity index (χ3v) is 5.61. The van der Waals surface area contributed by atoms with Crippen molar-refractivity contribution in [1.82, 2.24) is 20.4 Å². The van der Waals surface area contributed by atoms with Crippen molar-refractivity contribution >= 4 is 40.6 Å². The first-order valence-corrected chi connectivity index (χ1v) is 10.4. The van der Waals surface area contributed by atoms with E-state index in [4.69, 9.17) is 11.6 Å². The van der Waals surface area contributed by atoms with Crippen molar-refractivity contribution in [1.29, 1.82) is 0 Å². The fourth-order valence-electron chi connectivity index (χ4n) is 2.97. The number of nitrogens with one attached hydrogen (secondary N) is 2. The molecule has 0 saturated carbocycles. The molecule has 0 spiro atoms. The number of likely N-dealkylation sites (tertiary alicyclic amines) is 1. The van der Waals surface area contributed by atoms with Crippen LogP contribution in [0.2, 0.25) is 5.02 Å². The molecule has 0 radical (unpaired) electrons. The number of halogens is 1. The predicted molar refractivity (Wildman–Crippen MR) is 111 cm³/mol. The standard InChI is InChI=1S/C19H24ClN5O2S/c1-19(2,3)22-18(27)25-10-4-5-12(11-25)16-23-24-17(28-16)15(26)21-14-8-6-13(20)7-9-14/h6-9,12H,4-5,10-11H2,1-3H3,(H,21,26)(H,22,27). The highest BCUT2D eigenvalue weighted by Gasteiger charge is 2.29. The van der Waals surface area contributed by atoms with Gasteiger partial charge >= 0.3 is 6.03 Å². The quantitative estimate of drug-likeness (QED) is 0.779. The van der Waals surface area contributed by atoms with Gasteiger partial charge in [-0.15, -0.1) is 10.2 Å². The lowest BCUT2D eigenvalue weighted by Crippen LogP contribution is -2.51. The zero-order valence-electron chi connectivity index (χ0n) is 16.2. The van der Waals surface area contributed by atoms with Crippen LogP contribution in [0, 0.1) is 0 Å². The van der Waals surface area contributed by atoms with Gasteiger partial charge in [-0.1, -0.05) is 22.9 Å². The molecule has 1 unspecified atom stereocenters. The number of nitrogens with zero attached hydrogens (tertiary/aromatic N) is 3. The van der Waals surface area contributed by atoms with E-state index in [1.54, 1.807) is 24.3 Å². The molecule has 2 aromatic rings. The fraction of sp³-hybridized carbons (Fsp3) is 0.474. The summed E-state index contributed by atoms with van der Waals surface area (Å²) in [5, 5.41) is 15.7. The lowest BCUT2D eigenvalue weighted by Gasteiger charge is -2.34. The maximum Gasteiger partial charge on any atom is 0.317 e. The lowest BCUT2D eigenvalue weighted by molar-refractivity contribution is 0.102. The number of anilines is 1. The summed E-state index contributed by atoms with van der Waals surface area (Å²) in [6, 6.07) is 6.82. The monoisotopic (exact) mass is 421 g/mol. The van der Waals surface area contributed by atoms with Crippen molar-refractivity contribution in [3.63, 3.8) is 0 Å². The molecule has 1 fully saturated rings. The number of amides is 3. The molecule has 150 valence electrons. The van der Waals surface area contributed by atoms with Crippen molar-refractivity contribution in [2.24, 2.45) is 0 Å². The summed E-state index contributed by atoms with van der Waals surface area (Å²) >= 11 is 7.14. The van der Waals surface area contributed by atoms with E-state index < -0.39 is 0 Å². The molecule has 1 aromatic heterocycles. The predicted octanol–water partition coefficient (Wildman–Crippen LogP) is 4.13. The smallest absolute Gasteiger partial charge is 0.317 e. The first-order valence-electron chi connectivity index (χ1n) is 9.19. The van der Waals surface area contributed by atoms with Crippen LogP contribution in [0.3, 0.4) is 0 Å². The van der Waals surface area contributed by atoms with Crippen LogP contribution < -0.4 is 10.6 Å². The average Bonchev–Trinajstić information content (AvgIpc) is 3.13. The molecule has 2 heterocycles. The van der Waals surface area contributed by atoms with Crippen LogP contribution in [0.5, 0.6) is 0 Å². The second kappa shape index (κ2) is 8.45. The third-order valence-electron chi connectivity index (χ3n) is 4.28. The van der Waals surface area contributed by atoms with E-state index in [1.165, 1.54) is 11.3 Å². The second-order valence-corrected chi connectivity index (χ2v) is 9.32. The van der Waals surface area contributed by atoms with E-state index in [0.717, 1.165) is 24.4 Å². The summed E-state index contributed by atoms with van der Waals surface area (Å²) < 4.78 is 0. The van der Waals surface area contributed by atoms with Gasteiger partial charge in [0, 0.05) is 35.3 Å². The molecule has 2 N–H and O–H groups in total. The first kappa shape index (κ1) is 20.5. The van der Waals surface area contributed by atoms with E-state index in [9.17, 15) is 9.59 Å². The van der Waals surface area contributed by atoms with Crippen molar-refractivity contribution in [3.05, 3.63) is 39.3 Å². The first-order chi connectivity index (χ1) is 13.2. The highest BCUT2D eigenvalue weighted by atomic mass is 35.5. The summed E-state index contributed by atoms with van der Waals surface area (Å²) in [7, 11) is 0. The van der Waals surface area contributed by atoms with E-state index >= 15 is 0 Å². The zero-order valence-corrected chi connectivity index (χ0v) is 17.7. The Hall–Kier alpha value is -2.19. The van der Waals surface area contributed by atoms with Gasteiger partial charge in [-0.25, -0.2) is 4.79 Å². The zero-order chi connectivity index (χ0) is 20.3. The minimum absolute atomic E-state index is 0.0672. The van der Waals surface area contributed by atoms with Crippen LogP contribution in [-0.4, -0.2) is 45.7 Å². The van der Waals surface area contributed by atoms with Crippen LogP contribution in [0.25, 0.3) is 0 Å². The third kappa shape index (κ3) is 5.42. The molecule has 1 aliphatic rings. The van der Waals surface area contributed by atoms with Gasteiger partial charge in [0.1, 0.15) is 5.01 Å². The Bertz CT molecular complexity index is 847. The number of carbonyl (C=O) groups excluding carboxylic acids is 2.